The van der Waals surface area contributed by atoms with Crippen molar-refractivity contribution in [1.82, 2.24) is 0 Å². The van der Waals surface area contributed by atoms with Gasteiger partial charge in [-0.2, -0.15) is 0 Å². The summed E-state index contributed by atoms with van der Waals surface area (Å²) in [5.74, 6) is 1.66. The largest absolute Gasteiger partial charge is 0.501 e. The van der Waals surface area contributed by atoms with Crippen molar-refractivity contribution in [3.05, 3.63) is 23.7 Å². The standard InChI is InChI=1S/C8H14O2/c1-5-8(10-4)6-7(2)9-3/h5-6H,1-4H3/b7-6+,8-5+. The second-order valence-corrected chi connectivity index (χ2v) is 1.85. The van der Waals surface area contributed by atoms with Gasteiger partial charge < -0.3 is 9.47 Å². The first-order valence-electron chi connectivity index (χ1n) is 3.17. The molecule has 0 spiro atoms. The fraction of sp³-hybridized carbons (Fsp3) is 0.500. The summed E-state index contributed by atoms with van der Waals surface area (Å²) in [5.41, 5.74) is 0. The summed E-state index contributed by atoms with van der Waals surface area (Å²) >= 11 is 0. The van der Waals surface area contributed by atoms with Crippen LogP contribution < -0.4 is 0 Å². The molecule has 0 aromatic heterocycles. The zero-order valence-corrected chi connectivity index (χ0v) is 6.97. The molecule has 0 rings (SSSR count). The molecule has 0 fully saturated rings. The van der Waals surface area contributed by atoms with Gasteiger partial charge in [-0.1, -0.05) is 0 Å². The van der Waals surface area contributed by atoms with Crippen LogP contribution in [0.3, 0.4) is 0 Å². The molecule has 0 aromatic rings. The fourth-order valence-corrected chi connectivity index (χ4v) is 0.519. The second kappa shape index (κ2) is 4.91. The van der Waals surface area contributed by atoms with Gasteiger partial charge in [0, 0.05) is 6.08 Å². The number of rotatable bonds is 3. The Hall–Kier alpha value is -0.920. The van der Waals surface area contributed by atoms with Crippen LogP contribution in [0.15, 0.2) is 23.7 Å². The lowest BCUT2D eigenvalue weighted by Crippen LogP contribution is -1.85. The van der Waals surface area contributed by atoms with Crippen molar-refractivity contribution in [2.75, 3.05) is 14.2 Å². The summed E-state index contributed by atoms with van der Waals surface area (Å²) in [4.78, 5) is 0. The Labute approximate surface area is 62.1 Å². The van der Waals surface area contributed by atoms with Crippen molar-refractivity contribution in [2.24, 2.45) is 0 Å². The first kappa shape index (κ1) is 9.08. The predicted molar refractivity (Wildman–Crippen MR) is 41.5 cm³/mol. The molecule has 2 nitrogen and oxygen atoms in total. The highest BCUT2D eigenvalue weighted by Gasteiger charge is 1.89. The van der Waals surface area contributed by atoms with Crippen LogP contribution in [0.4, 0.5) is 0 Å². The lowest BCUT2D eigenvalue weighted by Gasteiger charge is -2.01. The number of allylic oxidation sites excluding steroid dienone is 3. The van der Waals surface area contributed by atoms with E-state index >= 15 is 0 Å². The molecule has 0 N–H and O–H groups in total. The monoisotopic (exact) mass is 142 g/mol. The Morgan fingerprint density at radius 3 is 2.10 bits per heavy atom. The zero-order chi connectivity index (χ0) is 7.98. The summed E-state index contributed by atoms with van der Waals surface area (Å²) in [5, 5.41) is 0. The van der Waals surface area contributed by atoms with E-state index in [9.17, 15) is 0 Å². The number of methoxy groups -OCH3 is 2. The average Bonchev–Trinajstić information content (AvgIpc) is 1.99. The molecule has 2 heteroatoms. The maximum absolute atomic E-state index is 4.98. The van der Waals surface area contributed by atoms with Crippen LogP contribution in [0.2, 0.25) is 0 Å². The highest BCUT2D eigenvalue weighted by atomic mass is 16.5. The number of hydrogen-bond donors (Lipinski definition) is 0. The molecule has 10 heavy (non-hydrogen) atoms. The predicted octanol–water partition coefficient (Wildman–Crippen LogP) is 2.09. The molecule has 0 unspecified atom stereocenters. The Morgan fingerprint density at radius 2 is 1.80 bits per heavy atom. The van der Waals surface area contributed by atoms with Gasteiger partial charge in [0.15, 0.2) is 0 Å². The highest BCUT2D eigenvalue weighted by Crippen LogP contribution is 2.02. The molecule has 0 aliphatic rings. The van der Waals surface area contributed by atoms with E-state index in [1.54, 1.807) is 14.2 Å². The van der Waals surface area contributed by atoms with E-state index in [0.29, 0.717) is 0 Å². The van der Waals surface area contributed by atoms with Crippen molar-refractivity contribution < 1.29 is 9.47 Å². The van der Waals surface area contributed by atoms with Gasteiger partial charge in [-0.05, 0) is 19.9 Å². The van der Waals surface area contributed by atoms with Crippen LogP contribution >= 0.6 is 0 Å². The quantitative estimate of drug-likeness (QED) is 0.443. The smallest absolute Gasteiger partial charge is 0.117 e. The molecule has 0 radical (unpaired) electrons. The van der Waals surface area contributed by atoms with E-state index in [1.165, 1.54) is 0 Å². The van der Waals surface area contributed by atoms with E-state index in [2.05, 4.69) is 0 Å². The van der Waals surface area contributed by atoms with Gasteiger partial charge in [0.05, 0.1) is 20.0 Å². The van der Waals surface area contributed by atoms with Crippen LogP contribution in [0.25, 0.3) is 0 Å². The van der Waals surface area contributed by atoms with Crippen LogP contribution in [0.1, 0.15) is 13.8 Å². The zero-order valence-electron chi connectivity index (χ0n) is 6.97. The molecule has 0 aromatic carbocycles. The van der Waals surface area contributed by atoms with Crippen molar-refractivity contribution in [3.8, 4) is 0 Å². The molecule has 0 heterocycles. The van der Waals surface area contributed by atoms with Crippen molar-refractivity contribution >= 4 is 0 Å². The first-order valence-corrected chi connectivity index (χ1v) is 3.17. The van der Waals surface area contributed by atoms with Gasteiger partial charge in [0.25, 0.3) is 0 Å². The van der Waals surface area contributed by atoms with E-state index in [1.807, 2.05) is 26.0 Å². The molecule has 0 saturated carbocycles. The first-order chi connectivity index (χ1) is 4.74. The summed E-state index contributed by atoms with van der Waals surface area (Å²) in [6, 6.07) is 0. The topological polar surface area (TPSA) is 18.5 Å². The van der Waals surface area contributed by atoms with Gasteiger partial charge in [-0.3, -0.25) is 0 Å². The van der Waals surface area contributed by atoms with Crippen molar-refractivity contribution in [2.45, 2.75) is 13.8 Å². The molecule has 0 saturated heterocycles. The Bertz CT molecular complexity index is 145. The number of hydrogen-bond acceptors (Lipinski definition) is 2. The van der Waals surface area contributed by atoms with Gasteiger partial charge in [0.2, 0.25) is 0 Å². The lowest BCUT2D eigenvalue weighted by atomic mass is 10.4. The van der Waals surface area contributed by atoms with Gasteiger partial charge in [0.1, 0.15) is 5.76 Å². The Kier molecular flexibility index (Phi) is 4.46. The molecule has 58 valence electrons. The third kappa shape index (κ3) is 3.17. The minimum atomic E-state index is 0.819. The van der Waals surface area contributed by atoms with Gasteiger partial charge in [-0.15, -0.1) is 0 Å². The van der Waals surface area contributed by atoms with E-state index in [4.69, 9.17) is 9.47 Å². The summed E-state index contributed by atoms with van der Waals surface area (Å²) in [6.07, 6.45) is 3.71. The second-order valence-electron chi connectivity index (χ2n) is 1.85. The molecule has 0 atom stereocenters. The molecule has 0 bridgehead atoms. The van der Waals surface area contributed by atoms with Crippen LogP contribution in [-0.2, 0) is 9.47 Å². The van der Waals surface area contributed by atoms with Crippen molar-refractivity contribution in [1.29, 1.82) is 0 Å². The van der Waals surface area contributed by atoms with E-state index in [-0.39, 0.29) is 0 Å². The number of ether oxygens (including phenoxy) is 2. The summed E-state index contributed by atoms with van der Waals surface area (Å²) < 4.78 is 9.90. The normalized spacial score (nSPS) is 13.2. The van der Waals surface area contributed by atoms with Gasteiger partial charge in [-0.25, -0.2) is 0 Å². The van der Waals surface area contributed by atoms with E-state index < -0.39 is 0 Å². The summed E-state index contributed by atoms with van der Waals surface area (Å²) in [7, 11) is 3.27. The van der Waals surface area contributed by atoms with E-state index in [0.717, 1.165) is 11.5 Å². The van der Waals surface area contributed by atoms with Crippen LogP contribution in [-0.4, -0.2) is 14.2 Å². The fourth-order valence-electron chi connectivity index (χ4n) is 0.519. The summed E-state index contributed by atoms with van der Waals surface area (Å²) in [6.45, 7) is 3.79. The SMILES string of the molecule is C/C=C(\C=C(/C)OC)OC. The molecule has 0 amide bonds. The molecule has 0 aliphatic carbocycles. The third-order valence-electron chi connectivity index (χ3n) is 1.19. The molecule has 0 aliphatic heterocycles. The van der Waals surface area contributed by atoms with Crippen molar-refractivity contribution in [3.63, 3.8) is 0 Å². The Balaban J connectivity index is 4.08. The lowest BCUT2D eigenvalue weighted by molar-refractivity contribution is 0.276. The Morgan fingerprint density at radius 1 is 1.20 bits per heavy atom. The average molecular weight is 142 g/mol. The molecular weight excluding hydrogens is 128 g/mol. The third-order valence-corrected chi connectivity index (χ3v) is 1.19. The maximum atomic E-state index is 4.98. The maximum Gasteiger partial charge on any atom is 0.117 e. The van der Waals surface area contributed by atoms with Gasteiger partial charge >= 0.3 is 0 Å². The van der Waals surface area contributed by atoms with Crippen LogP contribution in [0, 0.1) is 0 Å². The minimum absolute atomic E-state index is 0.819. The van der Waals surface area contributed by atoms with Crippen LogP contribution in [0.5, 0.6) is 0 Å². The highest BCUT2D eigenvalue weighted by molar-refractivity contribution is 5.12. The minimum Gasteiger partial charge on any atom is -0.501 e. The molecular formula is C8H14O2.